The van der Waals surface area contributed by atoms with E-state index in [1.165, 1.54) is 0 Å². The van der Waals surface area contributed by atoms with Gasteiger partial charge in [-0.2, -0.15) is 0 Å². The van der Waals surface area contributed by atoms with Gasteiger partial charge in [0.2, 0.25) is 13.1 Å². The van der Waals surface area contributed by atoms with Crippen molar-refractivity contribution in [2.75, 3.05) is 34.0 Å². The van der Waals surface area contributed by atoms with E-state index in [0.29, 0.717) is 63.3 Å². The van der Waals surface area contributed by atoms with Crippen LogP contribution in [-0.4, -0.2) is 52.3 Å². The predicted octanol–water partition coefficient (Wildman–Crippen LogP) is 5.73. The van der Waals surface area contributed by atoms with Gasteiger partial charge >= 0.3 is 5.97 Å². The van der Waals surface area contributed by atoms with Crippen molar-refractivity contribution >= 4 is 16.7 Å². The van der Waals surface area contributed by atoms with Crippen molar-refractivity contribution in [1.82, 2.24) is 0 Å². The molecule has 0 spiro atoms. The lowest BCUT2D eigenvalue weighted by Crippen LogP contribution is -2.34. The van der Waals surface area contributed by atoms with E-state index in [2.05, 4.69) is 20.1 Å². The lowest BCUT2D eigenvalue weighted by Gasteiger charge is -2.30. The number of esters is 1. The maximum atomic E-state index is 13.3. The van der Waals surface area contributed by atoms with Gasteiger partial charge in [-0.1, -0.05) is 16.3 Å². The van der Waals surface area contributed by atoms with Crippen LogP contribution in [0.1, 0.15) is 28.8 Å². The monoisotopic (exact) mass is 576 g/mol. The van der Waals surface area contributed by atoms with E-state index in [1.807, 2.05) is 6.07 Å². The SMILES string of the molecule is CO[C@H]1CCOC(Oc2c3c(c(-c4ccc5c(c4)OCO5)c4cc(OCN=[N+]=[N-])c(OCN=[N+]=[N-])cc24)C(=O)OC3)C1. The zero-order chi connectivity index (χ0) is 29.1. The number of fused-ring (bicyclic) bond motifs is 3. The molecule has 0 N–H and O–H groups in total. The highest BCUT2D eigenvalue weighted by Crippen LogP contribution is 2.49. The van der Waals surface area contributed by atoms with E-state index >= 15 is 0 Å². The van der Waals surface area contributed by atoms with Crippen molar-refractivity contribution < 1.29 is 42.7 Å². The molecule has 0 saturated carbocycles. The van der Waals surface area contributed by atoms with Crippen LogP contribution in [0.5, 0.6) is 28.7 Å². The number of carbonyl (C=O) groups excluding carboxylic acids is 1. The van der Waals surface area contributed by atoms with Gasteiger partial charge in [-0.15, -0.1) is 0 Å². The lowest BCUT2D eigenvalue weighted by atomic mass is 9.89. The summed E-state index contributed by atoms with van der Waals surface area (Å²) in [5.74, 6) is 1.31. The molecular formula is C27H24N6O9. The standard InChI is InChI=1S/C27H24N6O9/c1-35-15-4-5-36-23(7-15)42-26-17-9-22(39-12-31-33-29)21(38-11-30-32-28)8-16(17)24(25-18(26)10-37-27(25)34)14-2-3-19-20(6-14)41-13-40-19/h2-3,6,8-9,15,23H,4-5,7,10-13H2,1H3/t15-,23?/m0/s1. The Hall–Kier alpha value is -5.07. The van der Waals surface area contributed by atoms with Crippen molar-refractivity contribution in [3.63, 3.8) is 0 Å². The number of cyclic esters (lactones) is 1. The highest BCUT2D eigenvalue weighted by atomic mass is 16.7. The second-order valence-electron chi connectivity index (χ2n) is 9.36. The second kappa shape index (κ2) is 11.8. The highest BCUT2D eigenvalue weighted by molar-refractivity contribution is 6.14. The number of benzene rings is 3. The molecule has 1 saturated heterocycles. The van der Waals surface area contributed by atoms with Gasteiger partial charge in [0.15, 0.2) is 36.5 Å². The van der Waals surface area contributed by atoms with Crippen LogP contribution in [0.4, 0.5) is 0 Å². The number of ether oxygens (including phenoxy) is 8. The van der Waals surface area contributed by atoms with Crippen molar-refractivity contribution in [2.45, 2.75) is 31.8 Å². The van der Waals surface area contributed by atoms with Gasteiger partial charge in [0.05, 0.1) is 18.3 Å². The first-order valence-corrected chi connectivity index (χ1v) is 12.9. The van der Waals surface area contributed by atoms with Gasteiger partial charge in [0.1, 0.15) is 12.4 Å². The Morgan fingerprint density at radius 3 is 2.43 bits per heavy atom. The molecular weight excluding hydrogens is 552 g/mol. The Morgan fingerprint density at radius 2 is 1.69 bits per heavy atom. The van der Waals surface area contributed by atoms with Crippen LogP contribution in [0.25, 0.3) is 42.8 Å². The Bertz CT molecular complexity index is 1650. The van der Waals surface area contributed by atoms with E-state index in [-0.39, 0.29) is 44.5 Å². The third kappa shape index (κ3) is 5.08. The normalized spacial score (nSPS) is 18.5. The first-order chi connectivity index (χ1) is 20.6. The third-order valence-electron chi connectivity index (χ3n) is 7.10. The van der Waals surface area contributed by atoms with E-state index < -0.39 is 12.3 Å². The largest absolute Gasteiger partial charge is 0.484 e. The van der Waals surface area contributed by atoms with Gasteiger partial charge < -0.3 is 37.9 Å². The molecule has 3 aliphatic rings. The molecule has 216 valence electrons. The van der Waals surface area contributed by atoms with E-state index in [1.54, 1.807) is 31.4 Å². The lowest BCUT2D eigenvalue weighted by molar-refractivity contribution is -0.143. The van der Waals surface area contributed by atoms with Gasteiger partial charge in [-0.05, 0) is 52.7 Å². The number of hydrogen-bond donors (Lipinski definition) is 0. The Morgan fingerprint density at radius 1 is 0.952 bits per heavy atom. The molecule has 0 bridgehead atoms. The fourth-order valence-electron chi connectivity index (χ4n) is 5.21. The van der Waals surface area contributed by atoms with Crippen LogP contribution in [-0.2, 0) is 20.8 Å². The van der Waals surface area contributed by atoms with Crippen LogP contribution < -0.4 is 23.7 Å². The highest BCUT2D eigenvalue weighted by Gasteiger charge is 2.35. The number of nitrogens with zero attached hydrogens (tertiary/aromatic N) is 6. The molecule has 1 unspecified atom stereocenters. The van der Waals surface area contributed by atoms with Crippen LogP contribution in [0.15, 0.2) is 40.6 Å². The second-order valence-corrected chi connectivity index (χ2v) is 9.36. The maximum Gasteiger partial charge on any atom is 0.339 e. The number of rotatable bonds is 10. The Kier molecular flexibility index (Phi) is 7.62. The summed E-state index contributed by atoms with van der Waals surface area (Å²) in [6.45, 7) is -0.185. The molecule has 3 heterocycles. The molecule has 15 heteroatoms. The molecule has 0 aromatic heterocycles. The molecule has 0 amide bonds. The van der Waals surface area contributed by atoms with Crippen LogP contribution >= 0.6 is 0 Å². The molecule has 42 heavy (non-hydrogen) atoms. The summed E-state index contributed by atoms with van der Waals surface area (Å²) in [6, 6.07) is 8.65. The van der Waals surface area contributed by atoms with Gasteiger partial charge in [0.25, 0.3) is 0 Å². The molecule has 3 aromatic carbocycles. The molecule has 6 rings (SSSR count). The van der Waals surface area contributed by atoms with Crippen molar-refractivity contribution in [2.24, 2.45) is 10.2 Å². The average Bonchev–Trinajstić information content (AvgIpc) is 3.64. The average molecular weight is 577 g/mol. The molecule has 3 aromatic rings. The molecule has 1 fully saturated rings. The predicted molar refractivity (Wildman–Crippen MR) is 144 cm³/mol. The quantitative estimate of drug-likeness (QED) is 0.126. The van der Waals surface area contributed by atoms with Crippen LogP contribution in [0, 0.1) is 0 Å². The van der Waals surface area contributed by atoms with Gasteiger partial charge in [-0.3, -0.25) is 0 Å². The minimum Gasteiger partial charge on any atom is -0.484 e. The minimum atomic E-state index is -0.656. The Balaban J connectivity index is 1.59. The fraction of sp³-hybridized carbons (Fsp3) is 0.370. The zero-order valence-electron chi connectivity index (χ0n) is 22.3. The summed E-state index contributed by atoms with van der Waals surface area (Å²) in [5, 5.41) is 8.00. The number of azide groups is 2. The minimum absolute atomic E-state index is 0.0263. The topological polar surface area (TPSA) is 188 Å². The van der Waals surface area contributed by atoms with Crippen LogP contribution in [0.3, 0.4) is 0 Å². The van der Waals surface area contributed by atoms with Crippen molar-refractivity contribution in [3.05, 3.63) is 62.3 Å². The maximum absolute atomic E-state index is 13.3. The number of carbonyl (C=O) groups is 1. The summed E-state index contributed by atoms with van der Waals surface area (Å²) < 4.78 is 45.9. The number of methoxy groups -OCH3 is 1. The van der Waals surface area contributed by atoms with Gasteiger partial charge in [0, 0.05) is 39.9 Å². The molecule has 2 atom stereocenters. The van der Waals surface area contributed by atoms with Crippen LogP contribution in [0.2, 0.25) is 0 Å². The van der Waals surface area contributed by atoms with Crippen molar-refractivity contribution in [1.29, 1.82) is 0 Å². The van der Waals surface area contributed by atoms with E-state index in [4.69, 9.17) is 49.0 Å². The first kappa shape index (κ1) is 27.1. The zero-order valence-corrected chi connectivity index (χ0v) is 22.3. The summed E-state index contributed by atoms with van der Waals surface area (Å²) in [5.41, 5.74) is 19.6. The summed E-state index contributed by atoms with van der Waals surface area (Å²) in [4.78, 5) is 18.7. The first-order valence-electron chi connectivity index (χ1n) is 12.9. The number of hydrogen-bond acceptors (Lipinski definition) is 11. The van der Waals surface area contributed by atoms with E-state index in [9.17, 15) is 4.79 Å². The van der Waals surface area contributed by atoms with Gasteiger partial charge in [-0.25, -0.2) is 4.79 Å². The summed E-state index contributed by atoms with van der Waals surface area (Å²) >= 11 is 0. The molecule has 0 radical (unpaired) electrons. The van der Waals surface area contributed by atoms with E-state index in [0.717, 1.165) is 6.42 Å². The third-order valence-corrected chi connectivity index (χ3v) is 7.10. The molecule has 15 nitrogen and oxygen atoms in total. The summed E-state index contributed by atoms with van der Waals surface area (Å²) in [7, 11) is 1.64. The smallest absolute Gasteiger partial charge is 0.339 e. The molecule has 3 aliphatic heterocycles. The Labute approximate surface area is 238 Å². The molecule has 0 aliphatic carbocycles. The summed E-state index contributed by atoms with van der Waals surface area (Å²) in [6.07, 6.45) is 0.483. The fourth-order valence-corrected chi connectivity index (χ4v) is 5.21. The van der Waals surface area contributed by atoms with Crippen molar-refractivity contribution in [3.8, 4) is 39.9 Å².